The smallest absolute Gasteiger partial charge is 0.142 e. The zero-order chi connectivity index (χ0) is 14.0. The van der Waals surface area contributed by atoms with Crippen LogP contribution in [0.25, 0.3) is 0 Å². The zero-order valence-electron chi connectivity index (χ0n) is 9.71. The molecule has 0 aliphatic heterocycles. The van der Waals surface area contributed by atoms with Gasteiger partial charge in [-0.1, -0.05) is 29.8 Å². The van der Waals surface area contributed by atoms with Gasteiger partial charge in [-0.25, -0.2) is 8.78 Å². The van der Waals surface area contributed by atoms with Crippen molar-refractivity contribution in [1.82, 2.24) is 0 Å². The third-order valence-electron chi connectivity index (χ3n) is 2.75. The topological polar surface area (TPSA) is 20.2 Å². The summed E-state index contributed by atoms with van der Waals surface area (Å²) in [6.07, 6.45) is -0.749. The molecule has 0 saturated heterocycles. The van der Waals surface area contributed by atoms with Crippen molar-refractivity contribution in [3.8, 4) is 0 Å². The molecular weight excluding hydrogens is 338 g/mol. The van der Waals surface area contributed by atoms with Crippen LogP contribution in [0.15, 0.2) is 40.9 Å². The van der Waals surface area contributed by atoms with Crippen LogP contribution in [0.4, 0.5) is 8.78 Å². The van der Waals surface area contributed by atoms with Gasteiger partial charge in [0.25, 0.3) is 0 Å². The summed E-state index contributed by atoms with van der Waals surface area (Å²) >= 11 is 8.68. The second-order valence-electron chi connectivity index (χ2n) is 4.11. The Balaban J connectivity index is 2.23. The van der Waals surface area contributed by atoms with E-state index < -0.39 is 17.7 Å². The molecule has 0 aromatic heterocycles. The van der Waals surface area contributed by atoms with Crippen molar-refractivity contribution in [3.63, 3.8) is 0 Å². The van der Waals surface area contributed by atoms with Crippen molar-refractivity contribution in [2.75, 3.05) is 0 Å². The zero-order valence-corrected chi connectivity index (χ0v) is 12.0. The van der Waals surface area contributed by atoms with Crippen molar-refractivity contribution >= 4 is 27.5 Å². The molecule has 0 fully saturated rings. The molecule has 100 valence electrons. The second-order valence-corrected chi connectivity index (χ2v) is 5.31. The number of halogens is 4. The number of hydrogen-bond donors (Lipinski definition) is 1. The maximum Gasteiger partial charge on any atom is 0.142 e. The lowest BCUT2D eigenvalue weighted by molar-refractivity contribution is 0.177. The van der Waals surface area contributed by atoms with E-state index in [-0.39, 0.29) is 15.9 Å². The molecule has 0 aliphatic carbocycles. The molecule has 0 bridgehead atoms. The summed E-state index contributed by atoms with van der Waals surface area (Å²) in [6, 6.07) is 8.74. The Kier molecular flexibility index (Phi) is 4.55. The largest absolute Gasteiger partial charge is 0.388 e. The van der Waals surface area contributed by atoms with E-state index in [2.05, 4.69) is 15.9 Å². The van der Waals surface area contributed by atoms with Crippen molar-refractivity contribution in [2.24, 2.45) is 0 Å². The molecule has 2 aromatic carbocycles. The van der Waals surface area contributed by atoms with Gasteiger partial charge in [-0.2, -0.15) is 0 Å². The Hall–Kier alpha value is -0.970. The first-order chi connectivity index (χ1) is 8.99. The van der Waals surface area contributed by atoms with Crippen LogP contribution < -0.4 is 0 Å². The van der Waals surface area contributed by atoms with E-state index >= 15 is 0 Å². The number of aliphatic hydroxyl groups excluding tert-OH is 1. The van der Waals surface area contributed by atoms with Crippen LogP contribution >= 0.6 is 27.5 Å². The van der Waals surface area contributed by atoms with Gasteiger partial charge in [-0.15, -0.1) is 0 Å². The third kappa shape index (κ3) is 3.32. The lowest BCUT2D eigenvalue weighted by atomic mass is 10.0. The van der Waals surface area contributed by atoms with Gasteiger partial charge in [-0.05, 0) is 45.3 Å². The first-order valence-corrected chi connectivity index (χ1v) is 6.72. The van der Waals surface area contributed by atoms with E-state index in [9.17, 15) is 13.9 Å². The van der Waals surface area contributed by atoms with Gasteiger partial charge in [0.15, 0.2) is 0 Å². The van der Waals surface area contributed by atoms with Gasteiger partial charge >= 0.3 is 0 Å². The van der Waals surface area contributed by atoms with Crippen LogP contribution in [0.5, 0.6) is 0 Å². The fourth-order valence-corrected chi connectivity index (χ4v) is 2.42. The van der Waals surface area contributed by atoms with Crippen molar-refractivity contribution in [3.05, 3.63) is 68.7 Å². The molecule has 1 unspecified atom stereocenters. The van der Waals surface area contributed by atoms with Crippen LogP contribution in [0.1, 0.15) is 17.2 Å². The van der Waals surface area contributed by atoms with Gasteiger partial charge in [0.05, 0.1) is 15.6 Å². The minimum absolute atomic E-state index is 0.0326. The summed E-state index contributed by atoms with van der Waals surface area (Å²) in [6.45, 7) is 0. The lowest BCUT2D eigenvalue weighted by Crippen LogP contribution is -2.04. The monoisotopic (exact) mass is 346 g/mol. The van der Waals surface area contributed by atoms with Crippen LogP contribution in [0, 0.1) is 11.6 Å². The number of rotatable bonds is 3. The highest BCUT2D eigenvalue weighted by molar-refractivity contribution is 9.10. The molecule has 5 heteroatoms. The lowest BCUT2D eigenvalue weighted by Gasteiger charge is -2.13. The van der Waals surface area contributed by atoms with Crippen molar-refractivity contribution in [2.45, 2.75) is 12.5 Å². The summed E-state index contributed by atoms with van der Waals surface area (Å²) in [5, 5.41) is 10.1. The SMILES string of the molecule is OC(Cc1ccc(Cl)c(F)c1)c1cccc(F)c1Br. The predicted octanol–water partition coefficient (Wildman–Crippen LogP) is 4.66. The molecule has 1 nitrogen and oxygen atoms in total. The average Bonchev–Trinajstić information content (AvgIpc) is 2.37. The molecule has 0 saturated carbocycles. The van der Waals surface area contributed by atoms with E-state index in [1.807, 2.05) is 0 Å². The second kappa shape index (κ2) is 5.99. The van der Waals surface area contributed by atoms with Gasteiger partial charge < -0.3 is 5.11 Å². The Morgan fingerprint density at radius 3 is 2.58 bits per heavy atom. The third-order valence-corrected chi connectivity index (χ3v) is 3.90. The Morgan fingerprint density at radius 2 is 1.89 bits per heavy atom. The van der Waals surface area contributed by atoms with Crippen LogP contribution in [0.3, 0.4) is 0 Å². The van der Waals surface area contributed by atoms with Crippen LogP contribution in [-0.2, 0) is 6.42 Å². The summed E-state index contributed by atoms with van der Waals surface area (Å²) in [5.41, 5.74) is 1.01. The van der Waals surface area contributed by atoms with E-state index in [0.29, 0.717) is 11.1 Å². The number of benzene rings is 2. The summed E-state index contributed by atoms with van der Waals surface area (Å²) < 4.78 is 26.9. The molecule has 0 spiro atoms. The van der Waals surface area contributed by atoms with Gasteiger partial charge in [0.1, 0.15) is 11.6 Å². The summed E-state index contributed by atoms with van der Waals surface area (Å²) in [4.78, 5) is 0. The molecule has 1 N–H and O–H groups in total. The first-order valence-electron chi connectivity index (χ1n) is 5.55. The number of hydrogen-bond acceptors (Lipinski definition) is 1. The van der Waals surface area contributed by atoms with Gasteiger partial charge in [-0.3, -0.25) is 0 Å². The Bertz CT molecular complexity index is 604. The van der Waals surface area contributed by atoms with Crippen molar-refractivity contribution in [1.29, 1.82) is 0 Å². The van der Waals surface area contributed by atoms with Crippen LogP contribution in [-0.4, -0.2) is 5.11 Å². The molecule has 0 amide bonds. The van der Waals surface area contributed by atoms with E-state index in [1.165, 1.54) is 24.3 Å². The van der Waals surface area contributed by atoms with E-state index in [1.54, 1.807) is 12.1 Å². The minimum atomic E-state index is -0.925. The normalized spacial score (nSPS) is 12.5. The maximum atomic E-state index is 13.4. The highest BCUT2D eigenvalue weighted by atomic mass is 79.9. The molecule has 1 atom stereocenters. The quantitative estimate of drug-likeness (QED) is 0.856. The van der Waals surface area contributed by atoms with Crippen LogP contribution in [0.2, 0.25) is 5.02 Å². The van der Waals surface area contributed by atoms with Crippen molar-refractivity contribution < 1.29 is 13.9 Å². The molecule has 2 rings (SSSR count). The fraction of sp³-hybridized carbons (Fsp3) is 0.143. The highest BCUT2D eigenvalue weighted by Gasteiger charge is 2.15. The fourth-order valence-electron chi connectivity index (χ4n) is 1.78. The van der Waals surface area contributed by atoms with Gasteiger partial charge in [0, 0.05) is 6.42 Å². The molecular formula is C14H10BrClF2O. The van der Waals surface area contributed by atoms with Gasteiger partial charge in [0.2, 0.25) is 0 Å². The summed E-state index contributed by atoms with van der Waals surface area (Å²) in [7, 11) is 0. The van der Waals surface area contributed by atoms with E-state index in [0.717, 1.165) is 0 Å². The maximum absolute atomic E-state index is 13.4. The molecule has 2 aromatic rings. The molecule has 0 radical (unpaired) electrons. The standard InChI is InChI=1S/C14H10BrClF2O/c15-14-9(2-1-3-11(14)17)13(19)7-8-4-5-10(16)12(18)6-8/h1-6,13,19H,7H2. The highest BCUT2D eigenvalue weighted by Crippen LogP contribution is 2.28. The molecule has 0 aliphatic rings. The molecule has 19 heavy (non-hydrogen) atoms. The first kappa shape index (κ1) is 14.4. The predicted molar refractivity (Wildman–Crippen MR) is 74.2 cm³/mol. The number of aliphatic hydroxyl groups is 1. The molecule has 0 heterocycles. The van der Waals surface area contributed by atoms with E-state index in [4.69, 9.17) is 11.6 Å². The Labute approximate surface area is 123 Å². The minimum Gasteiger partial charge on any atom is -0.388 e. The average molecular weight is 348 g/mol. The summed E-state index contributed by atoms with van der Waals surface area (Å²) in [5.74, 6) is -0.983. The Morgan fingerprint density at radius 1 is 1.16 bits per heavy atom.